The second-order valence-corrected chi connectivity index (χ2v) is 10.5. The Labute approximate surface area is 172 Å². The number of benzene rings is 2. The van der Waals surface area contributed by atoms with Crippen LogP contribution in [0.3, 0.4) is 0 Å². The van der Waals surface area contributed by atoms with Gasteiger partial charge in [0.05, 0.1) is 0 Å². The molecule has 0 atom stereocenters. The van der Waals surface area contributed by atoms with Gasteiger partial charge in [-0.05, 0) is 85.3 Å². The lowest BCUT2D eigenvalue weighted by atomic mass is 9.64. The summed E-state index contributed by atoms with van der Waals surface area (Å²) in [4.78, 5) is 0. The first-order chi connectivity index (χ1) is 13.2. The summed E-state index contributed by atoms with van der Waals surface area (Å²) >= 11 is 0. The SMILES string of the molecule is CC(C)(C)CC(C)(C)C1CCC(Nc2ccc(Nc3ccccc3)cc2)CC1. The van der Waals surface area contributed by atoms with Gasteiger partial charge in [-0.2, -0.15) is 0 Å². The van der Waals surface area contributed by atoms with Crippen molar-refractivity contribution in [3.05, 3.63) is 54.6 Å². The van der Waals surface area contributed by atoms with Crippen molar-refractivity contribution < 1.29 is 0 Å². The number of hydrogen-bond acceptors (Lipinski definition) is 2. The van der Waals surface area contributed by atoms with Crippen LogP contribution in [-0.2, 0) is 0 Å². The van der Waals surface area contributed by atoms with Crippen LogP contribution in [0.2, 0.25) is 0 Å². The third-order valence-electron chi connectivity index (χ3n) is 6.14. The van der Waals surface area contributed by atoms with E-state index in [0.717, 1.165) is 17.3 Å². The van der Waals surface area contributed by atoms with E-state index >= 15 is 0 Å². The molecule has 2 aromatic rings. The zero-order valence-corrected chi connectivity index (χ0v) is 18.4. The Balaban J connectivity index is 1.49. The molecular formula is C26H38N2. The van der Waals surface area contributed by atoms with E-state index in [0.29, 0.717) is 16.9 Å². The zero-order chi connectivity index (χ0) is 20.2. The van der Waals surface area contributed by atoms with Crippen LogP contribution in [0.5, 0.6) is 0 Å². The molecule has 0 heterocycles. The summed E-state index contributed by atoms with van der Waals surface area (Å²) in [5.41, 5.74) is 4.34. The number of hydrogen-bond donors (Lipinski definition) is 2. The monoisotopic (exact) mass is 378 g/mol. The molecule has 0 amide bonds. The van der Waals surface area contributed by atoms with Crippen molar-refractivity contribution in [1.29, 1.82) is 0 Å². The molecule has 0 unspecified atom stereocenters. The Bertz CT molecular complexity index is 717. The van der Waals surface area contributed by atoms with Gasteiger partial charge in [0.1, 0.15) is 0 Å². The quantitative estimate of drug-likeness (QED) is 0.534. The van der Waals surface area contributed by atoms with Crippen molar-refractivity contribution >= 4 is 17.1 Å². The van der Waals surface area contributed by atoms with Gasteiger partial charge in [0, 0.05) is 23.1 Å². The van der Waals surface area contributed by atoms with Gasteiger partial charge in [-0.3, -0.25) is 0 Å². The Morgan fingerprint density at radius 1 is 0.714 bits per heavy atom. The largest absolute Gasteiger partial charge is 0.382 e. The van der Waals surface area contributed by atoms with Crippen LogP contribution in [0.25, 0.3) is 0 Å². The van der Waals surface area contributed by atoms with Crippen molar-refractivity contribution in [2.75, 3.05) is 10.6 Å². The molecule has 2 aromatic carbocycles. The van der Waals surface area contributed by atoms with Crippen molar-refractivity contribution in [2.24, 2.45) is 16.7 Å². The van der Waals surface area contributed by atoms with E-state index in [1.54, 1.807) is 0 Å². The Morgan fingerprint density at radius 2 is 1.25 bits per heavy atom. The maximum absolute atomic E-state index is 3.76. The molecule has 152 valence electrons. The number of rotatable bonds is 6. The second-order valence-electron chi connectivity index (χ2n) is 10.5. The fourth-order valence-electron chi connectivity index (χ4n) is 5.10. The minimum Gasteiger partial charge on any atom is -0.382 e. The maximum atomic E-state index is 3.76. The summed E-state index contributed by atoms with van der Waals surface area (Å²) < 4.78 is 0. The summed E-state index contributed by atoms with van der Waals surface area (Å²) in [5, 5.41) is 7.21. The van der Waals surface area contributed by atoms with Crippen molar-refractivity contribution in [1.82, 2.24) is 0 Å². The molecule has 2 heteroatoms. The number of para-hydroxylation sites is 1. The molecule has 2 N–H and O–H groups in total. The first-order valence-corrected chi connectivity index (χ1v) is 10.9. The highest BCUT2D eigenvalue weighted by molar-refractivity contribution is 5.62. The van der Waals surface area contributed by atoms with Gasteiger partial charge in [0.15, 0.2) is 0 Å². The van der Waals surface area contributed by atoms with Gasteiger partial charge in [-0.15, -0.1) is 0 Å². The molecule has 2 nitrogen and oxygen atoms in total. The van der Waals surface area contributed by atoms with Crippen LogP contribution >= 0.6 is 0 Å². The highest BCUT2D eigenvalue weighted by Crippen LogP contribution is 2.45. The molecule has 0 aliphatic heterocycles. The van der Waals surface area contributed by atoms with Crippen molar-refractivity contribution in [2.45, 2.75) is 72.8 Å². The standard InChI is InChI=1S/C26H38N2/c1-25(2,3)19-26(4,5)20-11-13-22(14-12-20)28-24-17-15-23(16-18-24)27-21-9-7-6-8-10-21/h6-10,15-18,20,22,27-28H,11-14,19H2,1-5H3. The second kappa shape index (κ2) is 8.59. The van der Waals surface area contributed by atoms with Crippen LogP contribution in [-0.4, -0.2) is 6.04 Å². The van der Waals surface area contributed by atoms with Gasteiger partial charge in [0.2, 0.25) is 0 Å². The molecule has 3 rings (SSSR count). The molecular weight excluding hydrogens is 340 g/mol. The fourth-order valence-corrected chi connectivity index (χ4v) is 5.10. The van der Waals surface area contributed by atoms with E-state index in [2.05, 4.69) is 93.8 Å². The average molecular weight is 379 g/mol. The van der Waals surface area contributed by atoms with E-state index < -0.39 is 0 Å². The molecule has 1 fully saturated rings. The molecule has 1 aliphatic rings. The minimum absolute atomic E-state index is 0.411. The van der Waals surface area contributed by atoms with E-state index in [1.165, 1.54) is 37.8 Å². The zero-order valence-electron chi connectivity index (χ0n) is 18.4. The van der Waals surface area contributed by atoms with Gasteiger partial charge in [-0.1, -0.05) is 52.8 Å². The Hall–Kier alpha value is -1.96. The predicted octanol–water partition coefficient (Wildman–Crippen LogP) is 7.86. The topological polar surface area (TPSA) is 24.1 Å². The van der Waals surface area contributed by atoms with Crippen LogP contribution in [0.15, 0.2) is 54.6 Å². The molecule has 0 aromatic heterocycles. The third kappa shape index (κ3) is 6.02. The first kappa shape index (κ1) is 20.8. The van der Waals surface area contributed by atoms with E-state index in [9.17, 15) is 0 Å². The van der Waals surface area contributed by atoms with Crippen LogP contribution in [0, 0.1) is 16.7 Å². The minimum atomic E-state index is 0.411. The fraction of sp³-hybridized carbons (Fsp3) is 0.538. The van der Waals surface area contributed by atoms with E-state index in [-0.39, 0.29) is 0 Å². The molecule has 1 aliphatic carbocycles. The Kier molecular flexibility index (Phi) is 6.37. The van der Waals surface area contributed by atoms with Gasteiger partial charge in [-0.25, -0.2) is 0 Å². The summed E-state index contributed by atoms with van der Waals surface area (Å²) in [6.07, 6.45) is 6.55. The smallest absolute Gasteiger partial charge is 0.0385 e. The predicted molar refractivity (Wildman–Crippen MR) is 123 cm³/mol. The van der Waals surface area contributed by atoms with Crippen molar-refractivity contribution in [3.8, 4) is 0 Å². The molecule has 0 saturated heterocycles. The van der Waals surface area contributed by atoms with Crippen LogP contribution < -0.4 is 10.6 Å². The first-order valence-electron chi connectivity index (χ1n) is 10.9. The Morgan fingerprint density at radius 3 is 1.82 bits per heavy atom. The third-order valence-corrected chi connectivity index (χ3v) is 6.14. The molecule has 0 bridgehead atoms. The normalized spacial score (nSPS) is 20.6. The molecule has 28 heavy (non-hydrogen) atoms. The summed E-state index contributed by atoms with van der Waals surface area (Å²) in [5.74, 6) is 0.849. The summed E-state index contributed by atoms with van der Waals surface area (Å²) in [7, 11) is 0. The van der Waals surface area contributed by atoms with Crippen LogP contribution in [0.4, 0.5) is 17.1 Å². The summed E-state index contributed by atoms with van der Waals surface area (Å²) in [6, 6.07) is 19.6. The summed E-state index contributed by atoms with van der Waals surface area (Å²) in [6.45, 7) is 12.1. The number of nitrogens with one attached hydrogen (secondary N) is 2. The molecule has 0 radical (unpaired) electrons. The van der Waals surface area contributed by atoms with Gasteiger partial charge in [0.25, 0.3) is 0 Å². The lowest BCUT2D eigenvalue weighted by molar-refractivity contribution is 0.0969. The van der Waals surface area contributed by atoms with Crippen LogP contribution in [0.1, 0.15) is 66.7 Å². The van der Waals surface area contributed by atoms with Crippen molar-refractivity contribution in [3.63, 3.8) is 0 Å². The highest BCUT2D eigenvalue weighted by atomic mass is 14.9. The molecule has 1 saturated carbocycles. The van der Waals surface area contributed by atoms with E-state index in [1.807, 2.05) is 6.07 Å². The van der Waals surface area contributed by atoms with Gasteiger partial charge < -0.3 is 10.6 Å². The lowest BCUT2D eigenvalue weighted by Gasteiger charge is -2.43. The molecule has 0 spiro atoms. The average Bonchev–Trinajstić information content (AvgIpc) is 2.63. The lowest BCUT2D eigenvalue weighted by Crippen LogP contribution is -2.35. The highest BCUT2D eigenvalue weighted by Gasteiger charge is 2.35. The maximum Gasteiger partial charge on any atom is 0.0385 e. The number of anilines is 3. The van der Waals surface area contributed by atoms with E-state index in [4.69, 9.17) is 0 Å². The van der Waals surface area contributed by atoms with Gasteiger partial charge >= 0.3 is 0 Å².